The van der Waals surface area contributed by atoms with Crippen LogP contribution in [0.4, 0.5) is 0 Å². The second kappa shape index (κ2) is 5.16. The Hall–Kier alpha value is -0.820. The van der Waals surface area contributed by atoms with E-state index < -0.39 is 0 Å². The molecular weight excluding hydrogens is 172 g/mol. The van der Waals surface area contributed by atoms with Crippen molar-refractivity contribution in [1.82, 2.24) is 0 Å². The smallest absolute Gasteiger partial charge is 0.0727 e. The number of ether oxygens (including phenoxy) is 1. The zero-order valence-electron chi connectivity index (χ0n) is 9.63. The maximum atomic E-state index is 5.41. The molecule has 78 valence electrons. The van der Waals surface area contributed by atoms with Gasteiger partial charge in [0.25, 0.3) is 0 Å². The van der Waals surface area contributed by atoms with Crippen molar-refractivity contribution in [3.8, 4) is 0 Å². The predicted octanol–water partition coefficient (Wildman–Crippen LogP) is 3.87. The normalized spacial score (nSPS) is 13.5. The SMILES string of the molecule is CC.CC(C)c1cccc2c1COC2. The van der Waals surface area contributed by atoms with Gasteiger partial charge in [-0.15, -0.1) is 0 Å². The molecule has 0 aromatic heterocycles. The Kier molecular flexibility index (Phi) is 4.15. The van der Waals surface area contributed by atoms with Gasteiger partial charge < -0.3 is 4.74 Å². The Balaban J connectivity index is 0.000000461. The minimum absolute atomic E-state index is 0.613. The standard InChI is InChI=1S/C11H14O.C2H6/c1-8(2)10-5-3-4-9-6-12-7-11(9)10;1-2/h3-5,8H,6-7H2,1-2H3;1-2H3. The van der Waals surface area contributed by atoms with Crippen molar-refractivity contribution in [2.24, 2.45) is 0 Å². The molecule has 1 aliphatic rings. The molecule has 0 fully saturated rings. The van der Waals surface area contributed by atoms with Crippen molar-refractivity contribution in [3.05, 3.63) is 34.9 Å². The topological polar surface area (TPSA) is 9.23 Å². The van der Waals surface area contributed by atoms with Crippen LogP contribution in [-0.4, -0.2) is 0 Å². The van der Waals surface area contributed by atoms with Crippen LogP contribution in [0.15, 0.2) is 18.2 Å². The summed E-state index contributed by atoms with van der Waals surface area (Å²) >= 11 is 0. The van der Waals surface area contributed by atoms with Gasteiger partial charge in [0.2, 0.25) is 0 Å². The zero-order valence-corrected chi connectivity index (χ0v) is 9.63. The van der Waals surface area contributed by atoms with E-state index in [1.54, 1.807) is 0 Å². The average molecular weight is 192 g/mol. The van der Waals surface area contributed by atoms with Crippen LogP contribution in [0.1, 0.15) is 50.3 Å². The minimum atomic E-state index is 0.613. The molecule has 0 saturated carbocycles. The van der Waals surface area contributed by atoms with Gasteiger partial charge in [0.1, 0.15) is 0 Å². The molecule has 1 aromatic carbocycles. The Labute approximate surface area is 87.1 Å². The van der Waals surface area contributed by atoms with E-state index in [0.717, 1.165) is 13.2 Å². The van der Waals surface area contributed by atoms with Crippen molar-refractivity contribution >= 4 is 0 Å². The number of benzene rings is 1. The molecule has 1 aliphatic heterocycles. The summed E-state index contributed by atoms with van der Waals surface area (Å²) in [5, 5.41) is 0. The Bertz CT molecular complexity index is 289. The van der Waals surface area contributed by atoms with E-state index in [0.29, 0.717) is 5.92 Å². The van der Waals surface area contributed by atoms with E-state index >= 15 is 0 Å². The van der Waals surface area contributed by atoms with Crippen molar-refractivity contribution in [2.75, 3.05) is 0 Å². The molecule has 0 amide bonds. The van der Waals surface area contributed by atoms with Crippen molar-refractivity contribution in [2.45, 2.75) is 46.8 Å². The maximum absolute atomic E-state index is 5.41. The first kappa shape index (κ1) is 11.3. The van der Waals surface area contributed by atoms with Crippen LogP contribution in [0.5, 0.6) is 0 Å². The van der Waals surface area contributed by atoms with E-state index in [1.165, 1.54) is 16.7 Å². The molecule has 0 saturated heterocycles. The molecule has 1 aromatic rings. The maximum Gasteiger partial charge on any atom is 0.0727 e. The van der Waals surface area contributed by atoms with E-state index in [1.807, 2.05) is 13.8 Å². The second-order valence-corrected chi connectivity index (χ2v) is 3.63. The second-order valence-electron chi connectivity index (χ2n) is 3.63. The molecule has 14 heavy (non-hydrogen) atoms. The highest BCUT2D eigenvalue weighted by Crippen LogP contribution is 2.27. The van der Waals surface area contributed by atoms with Gasteiger partial charge in [0, 0.05) is 0 Å². The predicted molar refractivity (Wildman–Crippen MR) is 60.4 cm³/mol. The molecular formula is C13H20O. The molecule has 0 bridgehead atoms. The number of fused-ring (bicyclic) bond motifs is 1. The fourth-order valence-corrected chi connectivity index (χ4v) is 1.77. The summed E-state index contributed by atoms with van der Waals surface area (Å²) in [6.45, 7) is 10.1. The highest BCUT2D eigenvalue weighted by molar-refractivity contribution is 5.37. The lowest BCUT2D eigenvalue weighted by Crippen LogP contribution is -1.94. The molecule has 0 radical (unpaired) electrons. The first-order valence-corrected chi connectivity index (χ1v) is 5.47. The van der Waals surface area contributed by atoms with Gasteiger partial charge in [-0.2, -0.15) is 0 Å². The van der Waals surface area contributed by atoms with Crippen LogP contribution in [0.3, 0.4) is 0 Å². The highest BCUT2D eigenvalue weighted by atomic mass is 16.5. The van der Waals surface area contributed by atoms with Gasteiger partial charge in [-0.1, -0.05) is 45.9 Å². The van der Waals surface area contributed by atoms with Crippen molar-refractivity contribution in [3.63, 3.8) is 0 Å². The molecule has 1 heteroatoms. The van der Waals surface area contributed by atoms with Gasteiger partial charge in [0.15, 0.2) is 0 Å². The molecule has 0 atom stereocenters. The van der Waals surface area contributed by atoms with Crippen molar-refractivity contribution < 1.29 is 4.74 Å². The summed E-state index contributed by atoms with van der Waals surface area (Å²) in [5.41, 5.74) is 4.25. The summed E-state index contributed by atoms with van der Waals surface area (Å²) in [6.07, 6.45) is 0. The lowest BCUT2D eigenvalue weighted by atomic mass is 9.95. The van der Waals surface area contributed by atoms with E-state index in [9.17, 15) is 0 Å². The lowest BCUT2D eigenvalue weighted by Gasteiger charge is -2.09. The lowest BCUT2D eigenvalue weighted by molar-refractivity contribution is 0.134. The first-order valence-electron chi connectivity index (χ1n) is 5.47. The highest BCUT2D eigenvalue weighted by Gasteiger charge is 2.15. The van der Waals surface area contributed by atoms with Crippen LogP contribution in [0.2, 0.25) is 0 Å². The van der Waals surface area contributed by atoms with Crippen LogP contribution < -0.4 is 0 Å². The molecule has 1 heterocycles. The van der Waals surface area contributed by atoms with Gasteiger partial charge in [-0.3, -0.25) is 0 Å². The molecule has 1 nitrogen and oxygen atoms in total. The van der Waals surface area contributed by atoms with Gasteiger partial charge in [-0.25, -0.2) is 0 Å². The third kappa shape index (κ3) is 2.16. The molecule has 0 aliphatic carbocycles. The number of rotatable bonds is 1. The summed E-state index contributed by atoms with van der Waals surface area (Å²) < 4.78 is 5.41. The average Bonchev–Trinajstić information content (AvgIpc) is 2.67. The van der Waals surface area contributed by atoms with Crippen molar-refractivity contribution in [1.29, 1.82) is 0 Å². The summed E-state index contributed by atoms with van der Waals surface area (Å²) in [7, 11) is 0. The summed E-state index contributed by atoms with van der Waals surface area (Å²) in [6, 6.07) is 6.50. The van der Waals surface area contributed by atoms with E-state index in [-0.39, 0.29) is 0 Å². The molecule has 2 rings (SSSR count). The fourth-order valence-electron chi connectivity index (χ4n) is 1.77. The molecule has 0 unspecified atom stereocenters. The third-order valence-corrected chi connectivity index (χ3v) is 2.44. The van der Waals surface area contributed by atoms with Gasteiger partial charge in [-0.05, 0) is 22.6 Å². The van der Waals surface area contributed by atoms with Crippen LogP contribution in [-0.2, 0) is 18.0 Å². The monoisotopic (exact) mass is 192 g/mol. The number of hydrogen-bond donors (Lipinski definition) is 0. The third-order valence-electron chi connectivity index (χ3n) is 2.44. The van der Waals surface area contributed by atoms with E-state index in [2.05, 4.69) is 32.0 Å². The van der Waals surface area contributed by atoms with Gasteiger partial charge in [0.05, 0.1) is 13.2 Å². The largest absolute Gasteiger partial charge is 0.372 e. The number of hydrogen-bond acceptors (Lipinski definition) is 1. The molecule has 0 spiro atoms. The van der Waals surface area contributed by atoms with Crippen LogP contribution in [0, 0.1) is 0 Å². The van der Waals surface area contributed by atoms with E-state index in [4.69, 9.17) is 4.74 Å². The Morgan fingerprint density at radius 3 is 2.50 bits per heavy atom. The summed E-state index contributed by atoms with van der Waals surface area (Å²) in [4.78, 5) is 0. The molecule has 0 N–H and O–H groups in total. The minimum Gasteiger partial charge on any atom is -0.372 e. The first-order chi connectivity index (χ1) is 6.79. The van der Waals surface area contributed by atoms with Gasteiger partial charge >= 0.3 is 0 Å². The Morgan fingerprint density at radius 2 is 1.86 bits per heavy atom. The Morgan fingerprint density at radius 1 is 1.14 bits per heavy atom. The fraction of sp³-hybridized carbons (Fsp3) is 0.538. The quantitative estimate of drug-likeness (QED) is 0.656. The van der Waals surface area contributed by atoms with Crippen LogP contribution >= 0.6 is 0 Å². The summed E-state index contributed by atoms with van der Waals surface area (Å²) in [5.74, 6) is 0.613. The zero-order chi connectivity index (χ0) is 10.6. The van der Waals surface area contributed by atoms with Crippen LogP contribution in [0.25, 0.3) is 0 Å².